The summed E-state index contributed by atoms with van der Waals surface area (Å²) in [5, 5.41) is 2.98. The minimum Gasteiger partial charge on any atom is -0.314 e. The van der Waals surface area contributed by atoms with Crippen molar-refractivity contribution < 1.29 is 16.8 Å². The first-order valence-electron chi connectivity index (χ1n) is 7.72. The van der Waals surface area contributed by atoms with E-state index < -0.39 is 20.0 Å². The largest absolute Gasteiger partial charge is 0.314 e. The number of benzene rings is 2. The molecule has 0 amide bonds. The van der Waals surface area contributed by atoms with Crippen LogP contribution < -0.4 is 14.8 Å². The molecule has 2 rings (SSSR count). The summed E-state index contributed by atoms with van der Waals surface area (Å²) in [5.41, 5.74) is 0. The highest BCUT2D eigenvalue weighted by molar-refractivity contribution is 7.89. The van der Waals surface area contributed by atoms with Gasteiger partial charge in [-0.2, -0.15) is 0 Å². The Balaban J connectivity index is 1.66. The van der Waals surface area contributed by atoms with Gasteiger partial charge in [-0.3, -0.25) is 0 Å². The summed E-state index contributed by atoms with van der Waals surface area (Å²) >= 11 is 0. The zero-order chi connectivity index (χ0) is 18.2. The van der Waals surface area contributed by atoms with Gasteiger partial charge in [0.25, 0.3) is 0 Å². The quantitative estimate of drug-likeness (QED) is 0.519. The molecule has 0 saturated heterocycles. The number of hydrogen-bond acceptors (Lipinski definition) is 5. The summed E-state index contributed by atoms with van der Waals surface area (Å²) in [6, 6.07) is 16.2. The highest BCUT2D eigenvalue weighted by atomic mass is 32.2. The molecule has 136 valence electrons. The zero-order valence-corrected chi connectivity index (χ0v) is 15.2. The third kappa shape index (κ3) is 6.22. The van der Waals surface area contributed by atoms with E-state index in [2.05, 4.69) is 14.8 Å². The van der Waals surface area contributed by atoms with Crippen molar-refractivity contribution in [2.75, 3.05) is 26.2 Å². The standard InChI is InChI=1S/C16H21N3O4S2/c20-24(21,15-7-3-1-4-8-15)18-13-11-17-12-14-19-25(22,23)16-9-5-2-6-10-16/h1-10,17-19H,11-14H2. The molecule has 0 saturated carbocycles. The van der Waals surface area contributed by atoms with Crippen molar-refractivity contribution in [2.24, 2.45) is 0 Å². The van der Waals surface area contributed by atoms with Crippen molar-refractivity contribution in [3.05, 3.63) is 60.7 Å². The van der Waals surface area contributed by atoms with E-state index in [4.69, 9.17) is 0 Å². The Hall–Kier alpha value is -1.78. The lowest BCUT2D eigenvalue weighted by Gasteiger charge is -2.09. The van der Waals surface area contributed by atoms with Crippen LogP contribution in [0.4, 0.5) is 0 Å². The average Bonchev–Trinajstić information content (AvgIpc) is 2.62. The summed E-state index contributed by atoms with van der Waals surface area (Å²) in [6.07, 6.45) is 0. The summed E-state index contributed by atoms with van der Waals surface area (Å²) in [6.45, 7) is 1.20. The molecule has 0 atom stereocenters. The lowest BCUT2D eigenvalue weighted by Crippen LogP contribution is -2.36. The van der Waals surface area contributed by atoms with Gasteiger partial charge in [-0.15, -0.1) is 0 Å². The van der Waals surface area contributed by atoms with Crippen LogP contribution in [0, 0.1) is 0 Å². The average molecular weight is 383 g/mol. The maximum atomic E-state index is 12.0. The molecule has 2 aromatic rings. The molecule has 0 aliphatic rings. The fraction of sp³-hybridized carbons (Fsp3) is 0.250. The fourth-order valence-electron chi connectivity index (χ4n) is 2.04. The Labute approximate surface area is 148 Å². The molecule has 0 unspecified atom stereocenters. The van der Waals surface area contributed by atoms with Crippen LogP contribution in [0.25, 0.3) is 0 Å². The van der Waals surface area contributed by atoms with Crippen molar-refractivity contribution in [2.45, 2.75) is 9.79 Å². The predicted octanol–water partition coefficient (Wildman–Crippen LogP) is 0.533. The predicted molar refractivity (Wildman–Crippen MR) is 96.1 cm³/mol. The summed E-state index contributed by atoms with van der Waals surface area (Å²) in [4.78, 5) is 0.427. The van der Waals surface area contributed by atoms with Gasteiger partial charge < -0.3 is 5.32 Å². The fourth-order valence-corrected chi connectivity index (χ4v) is 4.14. The monoisotopic (exact) mass is 383 g/mol. The Morgan fingerprint density at radius 2 is 0.920 bits per heavy atom. The van der Waals surface area contributed by atoms with E-state index in [9.17, 15) is 16.8 Å². The first-order valence-corrected chi connectivity index (χ1v) is 10.7. The molecule has 7 nitrogen and oxygen atoms in total. The third-order valence-corrected chi connectivity index (χ3v) is 6.25. The maximum Gasteiger partial charge on any atom is 0.240 e. The van der Waals surface area contributed by atoms with Crippen LogP contribution in [0.5, 0.6) is 0 Å². The van der Waals surface area contributed by atoms with Crippen molar-refractivity contribution in [1.29, 1.82) is 0 Å². The molecule has 2 aromatic carbocycles. The molecule has 3 N–H and O–H groups in total. The van der Waals surface area contributed by atoms with E-state index in [0.29, 0.717) is 13.1 Å². The molecule has 0 aromatic heterocycles. The number of nitrogens with one attached hydrogen (secondary N) is 3. The molecule has 25 heavy (non-hydrogen) atoms. The second-order valence-corrected chi connectivity index (χ2v) is 8.71. The zero-order valence-electron chi connectivity index (χ0n) is 13.6. The van der Waals surface area contributed by atoms with E-state index in [1.54, 1.807) is 36.4 Å². The normalized spacial score (nSPS) is 12.2. The molecule has 0 heterocycles. The van der Waals surface area contributed by atoms with E-state index in [1.165, 1.54) is 24.3 Å². The van der Waals surface area contributed by atoms with Gasteiger partial charge in [-0.1, -0.05) is 36.4 Å². The summed E-state index contributed by atoms with van der Waals surface area (Å²) < 4.78 is 52.9. The first kappa shape index (κ1) is 19.5. The molecule has 0 aliphatic heterocycles. The second kappa shape index (κ2) is 9.07. The van der Waals surface area contributed by atoms with Gasteiger partial charge in [-0.05, 0) is 24.3 Å². The first-order chi connectivity index (χ1) is 11.9. The van der Waals surface area contributed by atoms with Gasteiger partial charge >= 0.3 is 0 Å². The number of rotatable bonds is 10. The Kier molecular flexibility index (Phi) is 7.09. The van der Waals surface area contributed by atoms with E-state index in [-0.39, 0.29) is 22.9 Å². The maximum absolute atomic E-state index is 12.0. The molecular weight excluding hydrogens is 362 g/mol. The van der Waals surface area contributed by atoms with Gasteiger partial charge in [0.1, 0.15) is 0 Å². The lowest BCUT2D eigenvalue weighted by molar-refractivity contribution is 0.570. The van der Waals surface area contributed by atoms with Gasteiger partial charge in [0.15, 0.2) is 0 Å². The van der Waals surface area contributed by atoms with E-state index in [0.717, 1.165) is 0 Å². The van der Waals surface area contributed by atoms with Crippen LogP contribution in [0.2, 0.25) is 0 Å². The Bertz CT molecular complexity index is 781. The van der Waals surface area contributed by atoms with Crippen LogP contribution in [0.1, 0.15) is 0 Å². The van der Waals surface area contributed by atoms with Crippen LogP contribution in [0.3, 0.4) is 0 Å². The van der Waals surface area contributed by atoms with Gasteiger partial charge in [0.2, 0.25) is 20.0 Å². The number of sulfonamides is 2. The lowest BCUT2D eigenvalue weighted by atomic mass is 10.4. The molecule has 0 bridgehead atoms. The second-order valence-electron chi connectivity index (χ2n) is 5.17. The Morgan fingerprint density at radius 3 is 1.28 bits per heavy atom. The minimum atomic E-state index is -3.51. The van der Waals surface area contributed by atoms with Crippen LogP contribution in [-0.4, -0.2) is 43.0 Å². The number of hydrogen-bond donors (Lipinski definition) is 3. The molecular formula is C16H21N3O4S2. The molecule has 0 spiro atoms. The van der Waals surface area contributed by atoms with Gasteiger partial charge in [-0.25, -0.2) is 26.3 Å². The van der Waals surface area contributed by atoms with Gasteiger partial charge in [0, 0.05) is 26.2 Å². The highest BCUT2D eigenvalue weighted by Gasteiger charge is 2.13. The van der Waals surface area contributed by atoms with E-state index >= 15 is 0 Å². The van der Waals surface area contributed by atoms with Crippen LogP contribution >= 0.6 is 0 Å². The van der Waals surface area contributed by atoms with Crippen molar-refractivity contribution in [3.8, 4) is 0 Å². The molecule has 0 radical (unpaired) electrons. The SMILES string of the molecule is O=S(=O)(NCCNCCNS(=O)(=O)c1ccccc1)c1ccccc1. The molecule has 0 aliphatic carbocycles. The Morgan fingerprint density at radius 1 is 0.560 bits per heavy atom. The van der Waals surface area contributed by atoms with E-state index in [1.807, 2.05) is 0 Å². The van der Waals surface area contributed by atoms with Gasteiger partial charge in [0.05, 0.1) is 9.79 Å². The van der Waals surface area contributed by atoms with Crippen molar-refractivity contribution >= 4 is 20.0 Å². The van der Waals surface area contributed by atoms with Crippen LogP contribution in [0.15, 0.2) is 70.5 Å². The molecule has 9 heteroatoms. The third-order valence-electron chi connectivity index (χ3n) is 3.29. The minimum absolute atomic E-state index is 0.211. The van der Waals surface area contributed by atoms with Crippen molar-refractivity contribution in [3.63, 3.8) is 0 Å². The highest BCUT2D eigenvalue weighted by Crippen LogP contribution is 2.07. The summed E-state index contributed by atoms with van der Waals surface area (Å²) in [7, 11) is -7.03. The molecule has 0 fully saturated rings. The van der Waals surface area contributed by atoms with Crippen LogP contribution in [-0.2, 0) is 20.0 Å². The smallest absolute Gasteiger partial charge is 0.240 e. The van der Waals surface area contributed by atoms with Crippen molar-refractivity contribution in [1.82, 2.24) is 14.8 Å². The topological polar surface area (TPSA) is 104 Å². The summed E-state index contributed by atoms with van der Waals surface area (Å²) in [5.74, 6) is 0.